The monoisotopic (exact) mass is 255 g/mol. The number of nitrogens with one attached hydrogen (secondary N) is 1. The van der Waals surface area contributed by atoms with Crippen LogP contribution in [0.25, 0.3) is 17.1 Å². The van der Waals surface area contributed by atoms with Crippen LogP contribution in [-0.4, -0.2) is 22.1 Å². The maximum Gasteiger partial charge on any atom is 0.0894 e. The van der Waals surface area contributed by atoms with E-state index in [4.69, 9.17) is 0 Å². The topological polar surface area (TPSA) is 37.8 Å². The molecule has 2 rings (SSSR count). The molecule has 0 atom stereocenters. The lowest BCUT2D eigenvalue weighted by Crippen LogP contribution is -2.36. The molecule has 0 saturated carbocycles. The number of rotatable bonds is 3. The van der Waals surface area contributed by atoms with Gasteiger partial charge in [0.1, 0.15) is 0 Å². The molecule has 0 aliphatic heterocycles. The van der Waals surface area contributed by atoms with Gasteiger partial charge in [-0.3, -0.25) is 4.98 Å². The van der Waals surface area contributed by atoms with E-state index in [2.05, 4.69) is 49.1 Å². The van der Waals surface area contributed by atoms with E-state index >= 15 is 0 Å². The number of nitrogens with zero attached hydrogens (tertiary/aromatic N) is 2. The zero-order valence-corrected chi connectivity index (χ0v) is 12.1. The molecule has 0 bridgehead atoms. The van der Waals surface area contributed by atoms with Crippen molar-refractivity contribution < 1.29 is 0 Å². The van der Waals surface area contributed by atoms with E-state index in [-0.39, 0.29) is 5.54 Å². The molecule has 0 aliphatic carbocycles. The van der Waals surface area contributed by atoms with E-state index in [1.165, 1.54) is 5.57 Å². The van der Waals surface area contributed by atoms with Crippen molar-refractivity contribution >= 4 is 17.1 Å². The van der Waals surface area contributed by atoms with Crippen LogP contribution in [0.15, 0.2) is 36.0 Å². The third-order valence-corrected chi connectivity index (χ3v) is 2.76. The molecule has 1 N–H and O–H groups in total. The molecule has 0 radical (unpaired) electrons. The van der Waals surface area contributed by atoms with Gasteiger partial charge in [-0.2, -0.15) is 0 Å². The molecule has 100 valence electrons. The Balaban J connectivity index is 2.15. The highest BCUT2D eigenvalue weighted by Gasteiger charge is 2.07. The van der Waals surface area contributed by atoms with Crippen LogP contribution >= 0.6 is 0 Å². The molecular weight excluding hydrogens is 234 g/mol. The van der Waals surface area contributed by atoms with Crippen molar-refractivity contribution in [3.05, 3.63) is 41.7 Å². The molecule has 0 aliphatic rings. The van der Waals surface area contributed by atoms with Gasteiger partial charge in [0.25, 0.3) is 0 Å². The SMILES string of the molecule is CC(=Cc1cnc2ccccc2n1)CNC(C)(C)C. The standard InChI is InChI=1S/C16H21N3/c1-12(10-18-16(2,3)4)9-13-11-17-14-7-5-6-8-15(14)19-13/h5-9,11,18H,10H2,1-4H3. The lowest BCUT2D eigenvalue weighted by molar-refractivity contribution is 0.445. The first-order valence-corrected chi connectivity index (χ1v) is 6.58. The molecular formula is C16H21N3. The molecule has 19 heavy (non-hydrogen) atoms. The zero-order chi connectivity index (χ0) is 13.9. The number of fused-ring (bicyclic) bond motifs is 1. The van der Waals surface area contributed by atoms with Gasteiger partial charge in [0.15, 0.2) is 0 Å². The van der Waals surface area contributed by atoms with E-state index in [0.29, 0.717) is 0 Å². The number of benzene rings is 1. The summed E-state index contributed by atoms with van der Waals surface area (Å²) in [5.74, 6) is 0. The van der Waals surface area contributed by atoms with Crippen LogP contribution in [0.2, 0.25) is 0 Å². The van der Waals surface area contributed by atoms with E-state index in [9.17, 15) is 0 Å². The molecule has 1 aromatic carbocycles. The van der Waals surface area contributed by atoms with Crippen molar-refractivity contribution in [3.8, 4) is 0 Å². The molecule has 0 fully saturated rings. The van der Waals surface area contributed by atoms with Crippen LogP contribution in [0.4, 0.5) is 0 Å². The minimum atomic E-state index is 0.129. The van der Waals surface area contributed by atoms with Crippen molar-refractivity contribution in [2.75, 3.05) is 6.54 Å². The Hall–Kier alpha value is -1.74. The van der Waals surface area contributed by atoms with Gasteiger partial charge in [0.05, 0.1) is 22.9 Å². The summed E-state index contributed by atoms with van der Waals surface area (Å²) in [6, 6.07) is 7.93. The average molecular weight is 255 g/mol. The predicted molar refractivity (Wildman–Crippen MR) is 80.9 cm³/mol. The van der Waals surface area contributed by atoms with E-state index in [1.54, 1.807) is 0 Å². The largest absolute Gasteiger partial charge is 0.308 e. The van der Waals surface area contributed by atoms with Crippen molar-refractivity contribution in [3.63, 3.8) is 0 Å². The molecule has 1 aromatic heterocycles. The Morgan fingerprint density at radius 3 is 2.58 bits per heavy atom. The quantitative estimate of drug-likeness (QED) is 0.913. The van der Waals surface area contributed by atoms with Gasteiger partial charge in [0.2, 0.25) is 0 Å². The molecule has 0 amide bonds. The molecule has 0 spiro atoms. The Morgan fingerprint density at radius 2 is 1.89 bits per heavy atom. The molecule has 1 heterocycles. The number of para-hydroxylation sites is 2. The Labute approximate surface area is 114 Å². The summed E-state index contributed by atoms with van der Waals surface area (Å²) in [6.07, 6.45) is 3.90. The van der Waals surface area contributed by atoms with Gasteiger partial charge in [-0.25, -0.2) is 4.98 Å². The van der Waals surface area contributed by atoms with E-state index < -0.39 is 0 Å². The maximum absolute atomic E-state index is 4.59. The number of aromatic nitrogens is 2. The third-order valence-electron chi connectivity index (χ3n) is 2.76. The number of hydrogen-bond acceptors (Lipinski definition) is 3. The lowest BCUT2D eigenvalue weighted by atomic mass is 10.1. The summed E-state index contributed by atoms with van der Waals surface area (Å²) in [5, 5.41) is 3.46. The van der Waals surface area contributed by atoms with Gasteiger partial charge in [-0.05, 0) is 45.9 Å². The van der Waals surface area contributed by atoms with Crippen LogP contribution in [0.5, 0.6) is 0 Å². The highest BCUT2D eigenvalue weighted by Crippen LogP contribution is 2.11. The summed E-state index contributed by atoms with van der Waals surface area (Å²) < 4.78 is 0. The van der Waals surface area contributed by atoms with Crippen LogP contribution in [0.3, 0.4) is 0 Å². The first-order chi connectivity index (χ1) is 8.94. The summed E-state index contributed by atoms with van der Waals surface area (Å²) >= 11 is 0. The first-order valence-electron chi connectivity index (χ1n) is 6.58. The van der Waals surface area contributed by atoms with Gasteiger partial charge in [-0.15, -0.1) is 0 Å². The fraction of sp³-hybridized carbons (Fsp3) is 0.375. The van der Waals surface area contributed by atoms with Crippen LogP contribution in [-0.2, 0) is 0 Å². The van der Waals surface area contributed by atoms with E-state index in [1.807, 2.05) is 30.5 Å². The number of hydrogen-bond donors (Lipinski definition) is 1. The van der Waals surface area contributed by atoms with Crippen molar-refractivity contribution in [2.24, 2.45) is 0 Å². The maximum atomic E-state index is 4.59. The summed E-state index contributed by atoms with van der Waals surface area (Å²) in [6.45, 7) is 9.45. The van der Waals surface area contributed by atoms with Crippen molar-refractivity contribution in [1.82, 2.24) is 15.3 Å². The Kier molecular flexibility index (Phi) is 3.96. The minimum absolute atomic E-state index is 0.129. The highest BCUT2D eigenvalue weighted by atomic mass is 14.9. The van der Waals surface area contributed by atoms with Crippen LogP contribution < -0.4 is 5.32 Å². The Morgan fingerprint density at radius 1 is 1.21 bits per heavy atom. The van der Waals surface area contributed by atoms with Gasteiger partial charge in [0, 0.05) is 12.1 Å². The van der Waals surface area contributed by atoms with Gasteiger partial charge >= 0.3 is 0 Å². The fourth-order valence-corrected chi connectivity index (χ4v) is 1.75. The fourth-order valence-electron chi connectivity index (χ4n) is 1.75. The molecule has 0 unspecified atom stereocenters. The van der Waals surface area contributed by atoms with Crippen LogP contribution in [0, 0.1) is 0 Å². The second-order valence-electron chi connectivity index (χ2n) is 5.88. The molecule has 2 aromatic rings. The van der Waals surface area contributed by atoms with Crippen molar-refractivity contribution in [2.45, 2.75) is 33.2 Å². The van der Waals surface area contributed by atoms with Gasteiger partial charge < -0.3 is 5.32 Å². The van der Waals surface area contributed by atoms with Gasteiger partial charge in [-0.1, -0.05) is 17.7 Å². The molecule has 3 nitrogen and oxygen atoms in total. The summed E-state index contributed by atoms with van der Waals surface area (Å²) in [4.78, 5) is 9.01. The van der Waals surface area contributed by atoms with E-state index in [0.717, 1.165) is 23.3 Å². The second kappa shape index (κ2) is 5.49. The Bertz CT molecular complexity index is 594. The molecule has 3 heteroatoms. The minimum Gasteiger partial charge on any atom is -0.308 e. The first kappa shape index (κ1) is 13.7. The normalized spacial score (nSPS) is 12.9. The average Bonchev–Trinajstić information content (AvgIpc) is 2.35. The smallest absolute Gasteiger partial charge is 0.0894 e. The summed E-state index contributed by atoms with van der Waals surface area (Å²) in [5.41, 5.74) is 4.16. The zero-order valence-electron chi connectivity index (χ0n) is 12.1. The second-order valence-corrected chi connectivity index (χ2v) is 5.88. The predicted octanol–water partition coefficient (Wildman–Crippen LogP) is 3.42. The summed E-state index contributed by atoms with van der Waals surface area (Å²) in [7, 11) is 0. The third kappa shape index (κ3) is 4.14. The lowest BCUT2D eigenvalue weighted by Gasteiger charge is -2.20. The van der Waals surface area contributed by atoms with Crippen molar-refractivity contribution in [1.29, 1.82) is 0 Å². The molecule has 0 saturated heterocycles. The van der Waals surface area contributed by atoms with Crippen LogP contribution in [0.1, 0.15) is 33.4 Å². The highest BCUT2D eigenvalue weighted by molar-refractivity contribution is 5.74.